The monoisotopic (exact) mass is 567 g/mol. The minimum atomic E-state index is -5.08. The van der Waals surface area contributed by atoms with Gasteiger partial charge >= 0.3 is 30.5 Å². The van der Waals surface area contributed by atoms with Gasteiger partial charge in [0, 0.05) is 39.8 Å². The number of hydrogen-bond acceptors (Lipinski definition) is 7. The van der Waals surface area contributed by atoms with Gasteiger partial charge in [0.1, 0.15) is 5.60 Å². The molecule has 0 aliphatic carbocycles. The highest BCUT2D eigenvalue weighted by atomic mass is 19.4. The van der Waals surface area contributed by atoms with Crippen molar-refractivity contribution in [3.05, 3.63) is 0 Å². The van der Waals surface area contributed by atoms with E-state index in [1.54, 1.807) is 11.9 Å². The predicted octanol–water partition coefficient (Wildman–Crippen LogP) is 1.35. The average molecular weight is 567 g/mol. The van der Waals surface area contributed by atoms with Crippen LogP contribution in [0.4, 0.5) is 39.5 Å². The summed E-state index contributed by atoms with van der Waals surface area (Å²) in [6.07, 6.45) is -15.2. The van der Waals surface area contributed by atoms with E-state index in [1.165, 1.54) is 0 Å². The largest absolute Gasteiger partial charge is 0.490 e. The van der Waals surface area contributed by atoms with Crippen LogP contribution in [-0.4, -0.2) is 128 Å². The summed E-state index contributed by atoms with van der Waals surface area (Å²) in [6.45, 7) is 3.31. The molecule has 2 rings (SSSR count). The van der Waals surface area contributed by atoms with Gasteiger partial charge in [-0.2, -0.15) is 39.5 Å². The number of alkyl halides is 9. The topological polar surface area (TPSA) is 129 Å². The quantitative estimate of drug-likeness (QED) is 0.432. The van der Waals surface area contributed by atoms with Crippen LogP contribution in [0.1, 0.15) is 6.42 Å². The van der Waals surface area contributed by atoms with E-state index in [-0.39, 0.29) is 19.0 Å². The summed E-state index contributed by atoms with van der Waals surface area (Å²) in [6, 6.07) is 0. The highest BCUT2D eigenvalue weighted by molar-refractivity contribution is 5.77. The van der Waals surface area contributed by atoms with Gasteiger partial charge in [0.15, 0.2) is 0 Å². The molecular weight excluding hydrogens is 541 g/mol. The first-order valence-corrected chi connectivity index (χ1v) is 10.2. The lowest BCUT2D eigenvalue weighted by Crippen LogP contribution is -2.59. The number of aliphatic carboxylic acids is 2. The Balaban J connectivity index is 0.000000761. The molecule has 0 aromatic rings. The third-order valence-corrected chi connectivity index (χ3v) is 4.60. The summed E-state index contributed by atoms with van der Waals surface area (Å²) in [7, 11) is 1.57. The Morgan fingerprint density at radius 3 is 1.76 bits per heavy atom. The van der Waals surface area contributed by atoms with Crippen molar-refractivity contribution in [3.8, 4) is 0 Å². The summed E-state index contributed by atoms with van der Waals surface area (Å²) in [5.74, 6) is -5.62. The van der Waals surface area contributed by atoms with Gasteiger partial charge < -0.3 is 25.0 Å². The molecule has 2 aliphatic rings. The molecule has 19 heteroatoms. The minimum absolute atomic E-state index is 0.0376. The molecule has 0 bridgehead atoms. The first-order chi connectivity index (χ1) is 16.7. The van der Waals surface area contributed by atoms with Crippen LogP contribution in [0.3, 0.4) is 0 Å². The second-order valence-electron chi connectivity index (χ2n) is 7.72. The molecule has 2 heterocycles. The van der Waals surface area contributed by atoms with Gasteiger partial charge in [-0.3, -0.25) is 14.6 Å². The predicted molar refractivity (Wildman–Crippen MR) is 105 cm³/mol. The third-order valence-electron chi connectivity index (χ3n) is 4.60. The maximum atomic E-state index is 12.4. The first kappa shape index (κ1) is 34.6. The Morgan fingerprint density at radius 2 is 1.32 bits per heavy atom. The van der Waals surface area contributed by atoms with Crippen molar-refractivity contribution >= 4 is 17.8 Å². The number of ether oxygens (including phenoxy) is 2. The lowest BCUT2D eigenvalue weighted by Gasteiger charge is -2.43. The van der Waals surface area contributed by atoms with E-state index in [1.807, 2.05) is 4.90 Å². The standard InChI is InChI=1S/C14H24F3N3O3.2C2HF3O2/c1-18-12(21)8-20-4-6-22-11-13(10-20)9-19(5-7-23-13)3-2-14(15,16)17;2*3-2(4,5)1(6)7/h2-11H2,1H3,(H,18,21);2*(H,6,7). The van der Waals surface area contributed by atoms with Crippen LogP contribution in [0.25, 0.3) is 0 Å². The maximum absolute atomic E-state index is 12.4. The van der Waals surface area contributed by atoms with Crippen LogP contribution in [0.5, 0.6) is 0 Å². The fourth-order valence-electron chi connectivity index (χ4n) is 2.98. The number of nitrogens with one attached hydrogen (secondary N) is 1. The van der Waals surface area contributed by atoms with Gasteiger partial charge in [0.05, 0.1) is 32.8 Å². The number of likely N-dealkylation sites (N-methyl/N-ethyl adjacent to an activating group) is 1. The Kier molecular flexibility index (Phi) is 13.6. The smallest absolute Gasteiger partial charge is 0.475 e. The lowest BCUT2D eigenvalue weighted by atomic mass is 10.0. The molecule has 1 amide bonds. The van der Waals surface area contributed by atoms with Crippen LogP contribution in [0.2, 0.25) is 0 Å². The van der Waals surface area contributed by atoms with E-state index in [0.717, 1.165) is 0 Å². The Bertz CT molecular complexity index is 724. The zero-order valence-corrected chi connectivity index (χ0v) is 19.3. The number of rotatable bonds is 4. The number of hydrogen-bond donors (Lipinski definition) is 3. The van der Waals surface area contributed by atoms with E-state index in [2.05, 4.69) is 5.32 Å². The molecular formula is C18H26F9N3O7. The molecule has 0 radical (unpaired) electrons. The second kappa shape index (κ2) is 14.5. The molecule has 1 atom stereocenters. The van der Waals surface area contributed by atoms with Crippen molar-refractivity contribution in [2.24, 2.45) is 0 Å². The molecule has 0 saturated carbocycles. The first-order valence-electron chi connectivity index (χ1n) is 10.2. The number of halogens is 9. The third kappa shape index (κ3) is 15.5. The molecule has 1 unspecified atom stereocenters. The number of carbonyl (C=O) groups excluding carboxylic acids is 1. The van der Waals surface area contributed by atoms with Crippen molar-refractivity contribution in [1.29, 1.82) is 0 Å². The van der Waals surface area contributed by atoms with Gasteiger partial charge in [-0.1, -0.05) is 0 Å². The number of amides is 1. The van der Waals surface area contributed by atoms with Crippen molar-refractivity contribution in [2.45, 2.75) is 30.6 Å². The lowest BCUT2D eigenvalue weighted by molar-refractivity contribution is -0.193. The number of nitrogens with zero attached hydrogens (tertiary/aromatic N) is 2. The molecule has 2 fully saturated rings. The van der Waals surface area contributed by atoms with E-state index in [9.17, 15) is 44.3 Å². The Labute approximate surface area is 204 Å². The average Bonchev–Trinajstić information content (AvgIpc) is 2.93. The number of carboxylic acids is 2. The molecule has 0 aromatic heterocycles. The van der Waals surface area contributed by atoms with Gasteiger partial charge in [0.2, 0.25) is 5.91 Å². The zero-order valence-electron chi connectivity index (χ0n) is 19.3. The molecule has 10 nitrogen and oxygen atoms in total. The highest BCUT2D eigenvalue weighted by Gasteiger charge is 2.41. The maximum Gasteiger partial charge on any atom is 0.490 e. The highest BCUT2D eigenvalue weighted by Crippen LogP contribution is 2.25. The van der Waals surface area contributed by atoms with Gasteiger partial charge in [-0.15, -0.1) is 0 Å². The molecule has 218 valence electrons. The van der Waals surface area contributed by atoms with Crippen molar-refractivity contribution in [2.75, 3.05) is 66.1 Å². The van der Waals surface area contributed by atoms with Gasteiger partial charge in [0.25, 0.3) is 0 Å². The Morgan fingerprint density at radius 1 is 0.865 bits per heavy atom. The molecule has 0 aromatic carbocycles. The Hall–Kier alpha value is -2.38. The van der Waals surface area contributed by atoms with Crippen LogP contribution in [0.15, 0.2) is 0 Å². The van der Waals surface area contributed by atoms with Crippen LogP contribution in [-0.2, 0) is 23.9 Å². The summed E-state index contributed by atoms with van der Waals surface area (Å²) in [5, 5.41) is 16.8. The van der Waals surface area contributed by atoms with E-state index >= 15 is 0 Å². The number of morpholine rings is 1. The fraction of sp³-hybridized carbons (Fsp3) is 0.833. The van der Waals surface area contributed by atoms with Crippen molar-refractivity contribution < 1.29 is 73.6 Å². The zero-order chi connectivity index (χ0) is 29.1. The second-order valence-corrected chi connectivity index (χ2v) is 7.72. The summed E-state index contributed by atoms with van der Waals surface area (Å²) in [5.41, 5.74) is -0.672. The molecule has 1 spiro atoms. The van der Waals surface area contributed by atoms with Gasteiger partial charge in [-0.05, 0) is 0 Å². The fourth-order valence-corrected chi connectivity index (χ4v) is 2.98. The van der Waals surface area contributed by atoms with Crippen LogP contribution >= 0.6 is 0 Å². The number of carbonyl (C=O) groups is 3. The molecule has 2 aliphatic heterocycles. The summed E-state index contributed by atoms with van der Waals surface area (Å²) < 4.78 is 112. The van der Waals surface area contributed by atoms with Gasteiger partial charge in [-0.25, -0.2) is 9.59 Å². The van der Waals surface area contributed by atoms with Crippen LogP contribution < -0.4 is 5.32 Å². The number of carboxylic acid groups (broad SMARTS) is 2. The van der Waals surface area contributed by atoms with Crippen LogP contribution in [0, 0.1) is 0 Å². The summed E-state index contributed by atoms with van der Waals surface area (Å²) in [4.78, 5) is 33.1. The molecule has 3 N–H and O–H groups in total. The summed E-state index contributed by atoms with van der Waals surface area (Å²) >= 11 is 0. The normalized spacial score (nSPS) is 21.6. The molecule has 2 saturated heterocycles. The molecule has 37 heavy (non-hydrogen) atoms. The van der Waals surface area contributed by atoms with E-state index in [0.29, 0.717) is 46.0 Å². The van der Waals surface area contributed by atoms with E-state index in [4.69, 9.17) is 29.3 Å². The minimum Gasteiger partial charge on any atom is -0.475 e. The van der Waals surface area contributed by atoms with Crippen molar-refractivity contribution in [3.63, 3.8) is 0 Å². The SMILES string of the molecule is CNC(=O)CN1CCOCC2(CN(CCC(F)(F)F)CCO2)C1.O=C(O)C(F)(F)F.O=C(O)C(F)(F)F. The van der Waals surface area contributed by atoms with Crippen molar-refractivity contribution in [1.82, 2.24) is 15.1 Å². The van der Waals surface area contributed by atoms with E-state index < -0.39 is 42.5 Å².